The number of nitrogen functional groups attached to an aromatic ring is 1. The number of carbonyl (C=O) groups is 2. The molecular weight excluding hydrogens is 375 g/mol. The van der Waals surface area contributed by atoms with E-state index in [9.17, 15) is 22.8 Å². The Morgan fingerprint density at radius 3 is 2.43 bits per heavy atom. The van der Waals surface area contributed by atoms with E-state index in [1.807, 2.05) is 0 Å². The number of amides is 2. The minimum absolute atomic E-state index is 0.167. The first-order valence-corrected chi connectivity index (χ1v) is 7.90. The maximum absolute atomic E-state index is 13.1. The van der Waals surface area contributed by atoms with Gasteiger partial charge < -0.3 is 21.8 Å². The van der Waals surface area contributed by atoms with Crippen LogP contribution >= 0.6 is 0 Å². The number of hydrogen-bond donors (Lipinski definition) is 4. The molecule has 2 aromatic carbocycles. The molecule has 0 aliphatic heterocycles. The highest BCUT2D eigenvalue weighted by atomic mass is 19.4. The number of alkyl halides is 3. The molecule has 0 atom stereocenters. The molecule has 2 amide bonds. The Labute approximate surface area is 156 Å². The van der Waals surface area contributed by atoms with Crippen molar-refractivity contribution in [3.05, 3.63) is 65.4 Å². The standard InChI is InChI=1S/C18H14F3N5O2/c19-18(20,21)12-7-2-1-6-11(12)17(28)26-16-13(14(23)27)24-15(25-16)9-4-3-5-10(22)8-9/h1-8H,22H2,(H2,23,27)(H,24,25)(H,26,28). The summed E-state index contributed by atoms with van der Waals surface area (Å²) in [7, 11) is 0. The fourth-order valence-corrected chi connectivity index (χ4v) is 2.57. The summed E-state index contributed by atoms with van der Waals surface area (Å²) in [4.78, 5) is 30.8. The summed E-state index contributed by atoms with van der Waals surface area (Å²) < 4.78 is 39.4. The van der Waals surface area contributed by atoms with Crippen molar-refractivity contribution in [1.29, 1.82) is 0 Å². The second-order valence-corrected chi connectivity index (χ2v) is 5.80. The van der Waals surface area contributed by atoms with Gasteiger partial charge in [0.2, 0.25) is 0 Å². The molecule has 10 heteroatoms. The molecule has 1 heterocycles. The predicted octanol–water partition coefficient (Wildman–Crippen LogP) is 3.03. The number of rotatable bonds is 4. The number of aromatic amines is 1. The predicted molar refractivity (Wildman–Crippen MR) is 96.4 cm³/mol. The van der Waals surface area contributed by atoms with Crippen molar-refractivity contribution < 1.29 is 22.8 Å². The first-order chi connectivity index (χ1) is 13.2. The maximum atomic E-state index is 13.1. The quantitative estimate of drug-likeness (QED) is 0.512. The minimum Gasteiger partial charge on any atom is -0.399 e. The van der Waals surface area contributed by atoms with E-state index in [1.54, 1.807) is 24.3 Å². The zero-order valence-electron chi connectivity index (χ0n) is 14.2. The number of H-pyrrole nitrogens is 1. The highest BCUT2D eigenvalue weighted by Crippen LogP contribution is 2.32. The summed E-state index contributed by atoms with van der Waals surface area (Å²) in [5, 5.41) is 2.24. The van der Waals surface area contributed by atoms with Gasteiger partial charge in [-0.1, -0.05) is 24.3 Å². The number of benzene rings is 2. The van der Waals surface area contributed by atoms with Gasteiger partial charge in [-0.3, -0.25) is 9.59 Å². The number of halogens is 3. The Kier molecular flexibility index (Phi) is 4.78. The summed E-state index contributed by atoms with van der Waals surface area (Å²) in [6.45, 7) is 0. The molecule has 0 saturated carbocycles. The second kappa shape index (κ2) is 7.06. The second-order valence-electron chi connectivity index (χ2n) is 5.80. The van der Waals surface area contributed by atoms with Crippen LogP contribution in [0.1, 0.15) is 26.4 Å². The molecule has 7 nitrogen and oxygen atoms in total. The number of nitrogens with two attached hydrogens (primary N) is 2. The van der Waals surface area contributed by atoms with Gasteiger partial charge in [-0.25, -0.2) is 4.98 Å². The Bertz CT molecular complexity index is 1060. The molecule has 6 N–H and O–H groups in total. The number of imidazole rings is 1. The van der Waals surface area contributed by atoms with Gasteiger partial charge in [-0.15, -0.1) is 0 Å². The molecule has 28 heavy (non-hydrogen) atoms. The molecule has 3 rings (SSSR count). The Hall–Kier alpha value is -3.82. The van der Waals surface area contributed by atoms with Crippen LogP contribution in [0, 0.1) is 0 Å². The van der Waals surface area contributed by atoms with Crippen LogP contribution in [-0.2, 0) is 6.18 Å². The van der Waals surface area contributed by atoms with Gasteiger partial charge in [0, 0.05) is 11.3 Å². The van der Waals surface area contributed by atoms with Crippen molar-refractivity contribution in [3.63, 3.8) is 0 Å². The van der Waals surface area contributed by atoms with Crippen molar-refractivity contribution in [2.75, 3.05) is 11.1 Å². The van der Waals surface area contributed by atoms with Crippen LogP contribution < -0.4 is 16.8 Å². The van der Waals surface area contributed by atoms with E-state index in [-0.39, 0.29) is 17.3 Å². The minimum atomic E-state index is -4.72. The van der Waals surface area contributed by atoms with Gasteiger partial charge in [-0.05, 0) is 24.3 Å². The number of primary amides is 1. The van der Waals surface area contributed by atoms with Crippen LogP contribution in [0.4, 0.5) is 24.7 Å². The van der Waals surface area contributed by atoms with Gasteiger partial charge in [0.1, 0.15) is 11.6 Å². The Balaban J connectivity index is 1.99. The van der Waals surface area contributed by atoms with Crippen LogP contribution in [0.15, 0.2) is 48.5 Å². The molecule has 0 aliphatic carbocycles. The fraction of sp³-hybridized carbons (Fsp3) is 0.0556. The Morgan fingerprint density at radius 2 is 1.79 bits per heavy atom. The van der Waals surface area contributed by atoms with Gasteiger partial charge >= 0.3 is 6.18 Å². The average molecular weight is 389 g/mol. The normalized spacial score (nSPS) is 11.2. The zero-order chi connectivity index (χ0) is 20.5. The van der Waals surface area contributed by atoms with Gasteiger partial charge in [0.05, 0.1) is 11.1 Å². The van der Waals surface area contributed by atoms with Crippen LogP contribution in [0.3, 0.4) is 0 Å². The van der Waals surface area contributed by atoms with Crippen molar-refractivity contribution in [3.8, 4) is 11.4 Å². The molecule has 0 saturated heterocycles. The number of anilines is 2. The molecule has 144 valence electrons. The largest absolute Gasteiger partial charge is 0.417 e. The third-order valence-electron chi connectivity index (χ3n) is 3.81. The number of nitrogens with zero attached hydrogens (tertiary/aromatic N) is 1. The van der Waals surface area contributed by atoms with E-state index in [2.05, 4.69) is 15.3 Å². The molecule has 0 radical (unpaired) electrons. The molecule has 0 aliphatic rings. The van der Waals surface area contributed by atoms with E-state index in [0.717, 1.165) is 12.1 Å². The van der Waals surface area contributed by atoms with E-state index < -0.39 is 29.1 Å². The van der Waals surface area contributed by atoms with Gasteiger partial charge in [0.25, 0.3) is 11.8 Å². The molecule has 0 spiro atoms. The smallest absolute Gasteiger partial charge is 0.399 e. The first-order valence-electron chi connectivity index (χ1n) is 7.90. The van der Waals surface area contributed by atoms with Crippen LogP contribution in [0.2, 0.25) is 0 Å². The van der Waals surface area contributed by atoms with Crippen LogP contribution in [0.5, 0.6) is 0 Å². The number of hydrogen-bond acceptors (Lipinski definition) is 4. The van der Waals surface area contributed by atoms with Crippen molar-refractivity contribution >= 4 is 23.3 Å². The third kappa shape index (κ3) is 3.80. The maximum Gasteiger partial charge on any atom is 0.417 e. The van der Waals surface area contributed by atoms with Crippen molar-refractivity contribution in [1.82, 2.24) is 9.97 Å². The fourth-order valence-electron chi connectivity index (χ4n) is 2.57. The molecule has 0 fully saturated rings. The lowest BCUT2D eigenvalue weighted by Crippen LogP contribution is -2.21. The van der Waals surface area contributed by atoms with Crippen LogP contribution in [0.25, 0.3) is 11.4 Å². The van der Waals surface area contributed by atoms with Gasteiger partial charge in [-0.2, -0.15) is 13.2 Å². The van der Waals surface area contributed by atoms with E-state index in [4.69, 9.17) is 11.5 Å². The van der Waals surface area contributed by atoms with E-state index in [0.29, 0.717) is 11.3 Å². The topological polar surface area (TPSA) is 127 Å². The lowest BCUT2D eigenvalue weighted by Gasteiger charge is -2.12. The molecule has 3 aromatic rings. The first kappa shape index (κ1) is 19.0. The average Bonchev–Trinajstić information content (AvgIpc) is 3.05. The molecule has 0 unspecified atom stereocenters. The van der Waals surface area contributed by atoms with Crippen molar-refractivity contribution in [2.45, 2.75) is 6.18 Å². The highest BCUT2D eigenvalue weighted by molar-refractivity contribution is 6.08. The van der Waals surface area contributed by atoms with Crippen molar-refractivity contribution in [2.24, 2.45) is 5.73 Å². The summed E-state index contributed by atoms with van der Waals surface area (Å²) in [5.74, 6) is -2.09. The monoisotopic (exact) mass is 389 g/mol. The lowest BCUT2D eigenvalue weighted by atomic mass is 10.1. The van der Waals surface area contributed by atoms with E-state index in [1.165, 1.54) is 12.1 Å². The Morgan fingerprint density at radius 1 is 1.07 bits per heavy atom. The third-order valence-corrected chi connectivity index (χ3v) is 3.81. The molecule has 0 bridgehead atoms. The summed E-state index contributed by atoms with van der Waals surface area (Å²) in [6, 6.07) is 10.8. The summed E-state index contributed by atoms with van der Waals surface area (Å²) in [6.07, 6.45) is -4.72. The zero-order valence-corrected chi connectivity index (χ0v) is 14.2. The highest BCUT2D eigenvalue weighted by Gasteiger charge is 2.35. The number of carbonyl (C=O) groups excluding carboxylic acids is 2. The molecule has 1 aromatic heterocycles. The summed E-state index contributed by atoms with van der Waals surface area (Å²) >= 11 is 0. The summed E-state index contributed by atoms with van der Waals surface area (Å²) in [5.41, 5.74) is 9.87. The van der Waals surface area contributed by atoms with Gasteiger partial charge in [0.15, 0.2) is 5.69 Å². The lowest BCUT2D eigenvalue weighted by molar-refractivity contribution is -0.137. The molecular formula is C18H14F3N5O2. The number of nitrogens with one attached hydrogen (secondary N) is 2. The van der Waals surface area contributed by atoms with Crippen LogP contribution in [-0.4, -0.2) is 21.8 Å². The SMILES string of the molecule is NC(=O)c1nc(-c2cccc(N)c2)[nH]c1NC(=O)c1ccccc1C(F)(F)F. The number of aromatic nitrogens is 2. The van der Waals surface area contributed by atoms with E-state index >= 15 is 0 Å².